The third-order valence-corrected chi connectivity index (χ3v) is 3.47. The van der Waals surface area contributed by atoms with Crippen molar-refractivity contribution in [3.05, 3.63) is 53.8 Å². The predicted octanol–water partition coefficient (Wildman–Crippen LogP) is 4.43. The van der Waals surface area contributed by atoms with E-state index in [4.69, 9.17) is 4.74 Å². The molecule has 3 nitrogen and oxygen atoms in total. The summed E-state index contributed by atoms with van der Waals surface area (Å²) in [4.78, 5) is 12.0. The summed E-state index contributed by atoms with van der Waals surface area (Å²) < 4.78 is 18.6. The third-order valence-electron chi connectivity index (χ3n) is 2.53. The fourth-order valence-electron chi connectivity index (χ4n) is 1.74. The molecule has 2 aromatic carbocycles. The highest BCUT2D eigenvalue weighted by atomic mass is 32.2. The lowest BCUT2D eigenvalue weighted by atomic mass is 10.2. The van der Waals surface area contributed by atoms with Gasteiger partial charge in [-0.2, -0.15) is 0 Å². The number of hydrogen-bond donors (Lipinski definition) is 1. The molecule has 20 heavy (non-hydrogen) atoms. The van der Waals surface area contributed by atoms with Crippen molar-refractivity contribution < 1.29 is 19.0 Å². The molecule has 0 aliphatic rings. The fourth-order valence-corrected chi connectivity index (χ4v) is 2.56. The Kier molecular flexibility index (Phi) is 4.63. The molecular weight excluding hydrogens is 279 g/mol. The monoisotopic (exact) mass is 292 g/mol. The van der Waals surface area contributed by atoms with E-state index in [2.05, 4.69) is 0 Å². The van der Waals surface area contributed by atoms with E-state index in [1.54, 1.807) is 24.3 Å². The Labute approximate surface area is 120 Å². The first kappa shape index (κ1) is 14.4. The van der Waals surface area contributed by atoms with Gasteiger partial charge in [-0.1, -0.05) is 19.1 Å². The zero-order valence-corrected chi connectivity index (χ0v) is 11.6. The highest BCUT2D eigenvalue weighted by Gasteiger charge is 2.17. The molecule has 0 aliphatic carbocycles. The number of benzene rings is 2. The van der Waals surface area contributed by atoms with Gasteiger partial charge < -0.3 is 9.84 Å². The molecule has 2 rings (SSSR count). The summed E-state index contributed by atoms with van der Waals surface area (Å²) in [7, 11) is 0. The molecule has 0 spiro atoms. The van der Waals surface area contributed by atoms with Gasteiger partial charge in [-0.15, -0.1) is 11.8 Å². The quantitative estimate of drug-likeness (QED) is 0.828. The molecule has 0 heterocycles. The van der Waals surface area contributed by atoms with Gasteiger partial charge in [0.05, 0.1) is 0 Å². The van der Waals surface area contributed by atoms with Crippen LogP contribution in [0, 0.1) is 5.82 Å². The van der Waals surface area contributed by atoms with Gasteiger partial charge in [-0.25, -0.2) is 9.18 Å². The lowest BCUT2D eigenvalue weighted by Crippen LogP contribution is -2.02. The van der Waals surface area contributed by atoms with Crippen molar-refractivity contribution in [1.82, 2.24) is 0 Å². The first-order valence-electron chi connectivity index (χ1n) is 6.04. The SMILES string of the molecule is CCSc1cccc(Oc2cccc(F)c2)c1C(=O)O. The Morgan fingerprint density at radius 1 is 1.30 bits per heavy atom. The smallest absolute Gasteiger partial charge is 0.340 e. The molecule has 2 aromatic rings. The van der Waals surface area contributed by atoms with E-state index in [1.807, 2.05) is 6.92 Å². The molecule has 0 saturated carbocycles. The van der Waals surface area contributed by atoms with E-state index in [-0.39, 0.29) is 17.1 Å². The van der Waals surface area contributed by atoms with Gasteiger partial charge in [0.2, 0.25) is 0 Å². The maximum absolute atomic E-state index is 13.1. The minimum Gasteiger partial charge on any atom is -0.478 e. The maximum atomic E-state index is 13.1. The van der Waals surface area contributed by atoms with E-state index < -0.39 is 11.8 Å². The van der Waals surface area contributed by atoms with E-state index in [1.165, 1.54) is 30.0 Å². The van der Waals surface area contributed by atoms with Crippen LogP contribution in [-0.2, 0) is 0 Å². The van der Waals surface area contributed by atoms with E-state index in [0.29, 0.717) is 4.90 Å². The summed E-state index contributed by atoms with van der Waals surface area (Å²) in [6.07, 6.45) is 0. The first-order chi connectivity index (χ1) is 9.61. The fraction of sp³-hybridized carbons (Fsp3) is 0.133. The van der Waals surface area contributed by atoms with Crippen LogP contribution in [0.1, 0.15) is 17.3 Å². The molecule has 104 valence electrons. The van der Waals surface area contributed by atoms with Crippen LogP contribution in [0.2, 0.25) is 0 Å². The molecule has 0 fully saturated rings. The number of aromatic carboxylic acids is 1. The minimum atomic E-state index is -1.06. The average molecular weight is 292 g/mol. The molecule has 0 radical (unpaired) electrons. The number of halogens is 1. The highest BCUT2D eigenvalue weighted by molar-refractivity contribution is 7.99. The number of carboxylic acids is 1. The van der Waals surface area contributed by atoms with E-state index in [0.717, 1.165) is 5.75 Å². The third kappa shape index (κ3) is 3.30. The van der Waals surface area contributed by atoms with Crippen LogP contribution >= 0.6 is 11.8 Å². The van der Waals surface area contributed by atoms with Crippen LogP contribution in [0.3, 0.4) is 0 Å². The second-order valence-corrected chi connectivity index (χ2v) is 5.23. The Bertz CT molecular complexity index is 628. The summed E-state index contributed by atoms with van der Waals surface area (Å²) in [6.45, 7) is 1.94. The molecule has 0 saturated heterocycles. The molecule has 0 aliphatic heterocycles. The zero-order chi connectivity index (χ0) is 14.5. The summed E-state index contributed by atoms with van der Waals surface area (Å²) in [5.41, 5.74) is 0.101. The molecule has 1 N–H and O–H groups in total. The Morgan fingerprint density at radius 2 is 2.05 bits per heavy atom. The molecule has 0 amide bonds. The minimum absolute atomic E-state index is 0.101. The van der Waals surface area contributed by atoms with Crippen LogP contribution in [0.25, 0.3) is 0 Å². The maximum Gasteiger partial charge on any atom is 0.340 e. The van der Waals surface area contributed by atoms with Crippen molar-refractivity contribution in [2.75, 3.05) is 5.75 Å². The topological polar surface area (TPSA) is 46.5 Å². The van der Waals surface area contributed by atoms with Crippen molar-refractivity contribution >= 4 is 17.7 Å². The number of thioether (sulfide) groups is 1. The Morgan fingerprint density at radius 3 is 2.70 bits per heavy atom. The lowest BCUT2D eigenvalue weighted by molar-refractivity contribution is 0.0690. The van der Waals surface area contributed by atoms with Crippen LogP contribution in [0.5, 0.6) is 11.5 Å². The number of rotatable bonds is 5. The van der Waals surface area contributed by atoms with E-state index in [9.17, 15) is 14.3 Å². The van der Waals surface area contributed by atoms with E-state index >= 15 is 0 Å². The standard InChI is InChI=1S/C15H13FO3S/c1-2-20-13-8-4-7-12(14(13)15(17)18)19-11-6-3-5-10(16)9-11/h3-9H,2H2,1H3,(H,17,18). The van der Waals surface area contributed by atoms with Crippen LogP contribution < -0.4 is 4.74 Å². The summed E-state index contributed by atoms with van der Waals surface area (Å²) in [5.74, 6) is -0.261. The predicted molar refractivity (Wildman–Crippen MR) is 76.3 cm³/mol. The molecule has 5 heteroatoms. The van der Waals surface area contributed by atoms with Gasteiger partial charge in [0.25, 0.3) is 0 Å². The second-order valence-electron chi connectivity index (χ2n) is 3.93. The molecule has 0 unspecified atom stereocenters. The average Bonchev–Trinajstić information content (AvgIpc) is 2.39. The highest BCUT2D eigenvalue weighted by Crippen LogP contribution is 2.33. The molecule has 0 bridgehead atoms. The molecule has 0 aromatic heterocycles. The number of ether oxygens (including phenoxy) is 1. The van der Waals surface area contributed by atoms with Crippen molar-refractivity contribution in [3.8, 4) is 11.5 Å². The van der Waals surface area contributed by atoms with Gasteiger partial charge in [0, 0.05) is 11.0 Å². The van der Waals surface area contributed by atoms with Gasteiger partial charge in [-0.05, 0) is 30.0 Å². The lowest BCUT2D eigenvalue weighted by Gasteiger charge is -2.12. The van der Waals surface area contributed by atoms with Crippen molar-refractivity contribution in [2.45, 2.75) is 11.8 Å². The molecule has 0 atom stereocenters. The summed E-state index contributed by atoms with van der Waals surface area (Å²) in [6, 6.07) is 10.6. The summed E-state index contributed by atoms with van der Waals surface area (Å²) >= 11 is 1.42. The van der Waals surface area contributed by atoms with Gasteiger partial charge in [-0.3, -0.25) is 0 Å². The van der Waals surface area contributed by atoms with Crippen molar-refractivity contribution in [1.29, 1.82) is 0 Å². The largest absolute Gasteiger partial charge is 0.478 e. The Balaban J connectivity index is 2.40. The normalized spacial score (nSPS) is 10.3. The van der Waals surface area contributed by atoms with Crippen molar-refractivity contribution in [3.63, 3.8) is 0 Å². The number of carboxylic acid groups (broad SMARTS) is 1. The Hall–Kier alpha value is -2.01. The van der Waals surface area contributed by atoms with Crippen LogP contribution in [-0.4, -0.2) is 16.8 Å². The van der Waals surface area contributed by atoms with Gasteiger partial charge in [0.15, 0.2) is 0 Å². The number of hydrogen-bond acceptors (Lipinski definition) is 3. The zero-order valence-electron chi connectivity index (χ0n) is 10.8. The van der Waals surface area contributed by atoms with Crippen LogP contribution in [0.4, 0.5) is 4.39 Å². The van der Waals surface area contributed by atoms with Crippen molar-refractivity contribution in [2.24, 2.45) is 0 Å². The van der Waals surface area contributed by atoms with Gasteiger partial charge in [0.1, 0.15) is 22.9 Å². The summed E-state index contributed by atoms with van der Waals surface area (Å²) in [5, 5.41) is 9.34. The van der Waals surface area contributed by atoms with Gasteiger partial charge >= 0.3 is 5.97 Å². The van der Waals surface area contributed by atoms with Crippen LogP contribution in [0.15, 0.2) is 47.4 Å². The molecular formula is C15H13FO3S. The number of carbonyl (C=O) groups is 1. The first-order valence-corrected chi connectivity index (χ1v) is 7.03. The second kappa shape index (κ2) is 6.43.